The van der Waals surface area contributed by atoms with Gasteiger partial charge in [0.25, 0.3) is 0 Å². The van der Waals surface area contributed by atoms with Crippen LogP contribution in [-0.2, 0) is 14.4 Å². The Labute approximate surface area is 140 Å². The quantitative estimate of drug-likeness (QED) is 0.665. The molecule has 23 heavy (non-hydrogen) atoms. The summed E-state index contributed by atoms with van der Waals surface area (Å²) in [5.74, 6) is -1.36. The number of hydrogen-bond acceptors (Lipinski definition) is 3. The molecular formula is C18H20ClNO3. The van der Waals surface area contributed by atoms with Crippen LogP contribution in [0.4, 0.5) is 5.69 Å². The van der Waals surface area contributed by atoms with Crippen molar-refractivity contribution in [3.8, 4) is 0 Å². The molecule has 1 aromatic rings. The third kappa shape index (κ3) is 1.76. The molecular weight excluding hydrogens is 314 g/mol. The van der Waals surface area contributed by atoms with E-state index in [0.717, 1.165) is 5.56 Å². The minimum Gasteiger partial charge on any atom is -0.325 e. The van der Waals surface area contributed by atoms with Gasteiger partial charge in [0, 0.05) is 16.1 Å². The van der Waals surface area contributed by atoms with Crippen LogP contribution in [0.25, 0.3) is 0 Å². The molecule has 4 nitrogen and oxygen atoms in total. The average Bonchev–Trinajstić information content (AvgIpc) is 2.75. The lowest BCUT2D eigenvalue weighted by Gasteiger charge is -2.37. The summed E-state index contributed by atoms with van der Waals surface area (Å²) in [6.45, 7) is 7.38. The molecule has 2 atom stereocenters. The molecule has 2 aliphatic rings. The van der Waals surface area contributed by atoms with Gasteiger partial charge in [-0.2, -0.15) is 0 Å². The maximum Gasteiger partial charge on any atom is 0.239 e. The second kappa shape index (κ2) is 4.67. The average molecular weight is 334 g/mol. The topological polar surface area (TPSA) is 63.2 Å². The highest BCUT2D eigenvalue weighted by molar-refractivity contribution is 6.49. The first kappa shape index (κ1) is 16.2. The first-order chi connectivity index (χ1) is 10.6. The molecule has 3 rings (SSSR count). The third-order valence-corrected chi connectivity index (χ3v) is 6.77. The van der Waals surface area contributed by atoms with E-state index in [1.54, 1.807) is 25.1 Å². The first-order valence-corrected chi connectivity index (χ1v) is 8.12. The van der Waals surface area contributed by atoms with Gasteiger partial charge in [0.1, 0.15) is 5.41 Å². The lowest BCUT2D eigenvalue weighted by molar-refractivity contribution is -0.147. The number of anilines is 1. The van der Waals surface area contributed by atoms with Gasteiger partial charge in [-0.3, -0.25) is 14.4 Å². The molecule has 0 saturated heterocycles. The summed E-state index contributed by atoms with van der Waals surface area (Å²) in [4.78, 5) is 38.0. The molecule has 2 saturated carbocycles. The fourth-order valence-electron chi connectivity index (χ4n) is 4.18. The van der Waals surface area contributed by atoms with Gasteiger partial charge in [-0.25, -0.2) is 0 Å². The standard InChI is InChI=1S/C18H20ClNO3/c1-10-5-6-11(9-12(10)19)20-15(23)18-8-7-17(4,16(18,2)3)13(21)14(18)22/h5-6,9H,7-8H2,1-4H3,(H,20,23). The summed E-state index contributed by atoms with van der Waals surface area (Å²) in [6.07, 6.45) is 0.971. The third-order valence-electron chi connectivity index (χ3n) is 6.36. The molecule has 0 spiro atoms. The van der Waals surface area contributed by atoms with Gasteiger partial charge in [0.2, 0.25) is 17.5 Å². The van der Waals surface area contributed by atoms with Gasteiger partial charge in [0.15, 0.2) is 0 Å². The number of hydrogen-bond donors (Lipinski definition) is 1. The highest BCUT2D eigenvalue weighted by Gasteiger charge is 2.77. The van der Waals surface area contributed by atoms with Crippen molar-refractivity contribution in [3.63, 3.8) is 0 Å². The van der Waals surface area contributed by atoms with Crippen molar-refractivity contribution in [2.75, 3.05) is 5.32 Å². The van der Waals surface area contributed by atoms with E-state index in [4.69, 9.17) is 11.6 Å². The molecule has 1 amide bonds. The van der Waals surface area contributed by atoms with Crippen LogP contribution in [0.5, 0.6) is 0 Å². The molecule has 122 valence electrons. The number of amides is 1. The number of ketones is 2. The van der Waals surface area contributed by atoms with Crippen LogP contribution in [0.15, 0.2) is 18.2 Å². The van der Waals surface area contributed by atoms with E-state index in [2.05, 4.69) is 5.32 Å². The van der Waals surface area contributed by atoms with Crippen LogP contribution < -0.4 is 5.32 Å². The number of carbonyl (C=O) groups is 3. The van der Waals surface area contributed by atoms with Crippen LogP contribution in [0.3, 0.4) is 0 Å². The van der Waals surface area contributed by atoms with Gasteiger partial charge in [-0.1, -0.05) is 38.4 Å². The van der Waals surface area contributed by atoms with E-state index in [1.807, 2.05) is 20.8 Å². The van der Waals surface area contributed by atoms with Crippen molar-refractivity contribution in [1.82, 2.24) is 0 Å². The van der Waals surface area contributed by atoms with E-state index in [-0.39, 0.29) is 0 Å². The Balaban J connectivity index is 2.00. The maximum atomic E-state index is 13.0. The molecule has 0 aromatic heterocycles. The van der Waals surface area contributed by atoms with Gasteiger partial charge >= 0.3 is 0 Å². The molecule has 1 N–H and O–H groups in total. The predicted octanol–water partition coefficient (Wildman–Crippen LogP) is 3.55. The van der Waals surface area contributed by atoms with Gasteiger partial charge in [-0.05, 0) is 42.9 Å². The molecule has 2 aliphatic carbocycles. The summed E-state index contributed by atoms with van der Waals surface area (Å²) in [5, 5.41) is 3.34. The molecule has 0 radical (unpaired) electrons. The summed E-state index contributed by atoms with van der Waals surface area (Å²) in [7, 11) is 0. The zero-order valence-corrected chi connectivity index (χ0v) is 14.5. The molecule has 2 fully saturated rings. The summed E-state index contributed by atoms with van der Waals surface area (Å²) in [6, 6.07) is 5.22. The van der Waals surface area contributed by atoms with Gasteiger partial charge < -0.3 is 5.32 Å². The Morgan fingerprint density at radius 2 is 1.78 bits per heavy atom. The molecule has 0 heterocycles. The summed E-state index contributed by atoms with van der Waals surface area (Å²) >= 11 is 6.09. The van der Waals surface area contributed by atoms with Crippen molar-refractivity contribution < 1.29 is 14.4 Å². The van der Waals surface area contributed by atoms with Crippen molar-refractivity contribution in [1.29, 1.82) is 0 Å². The van der Waals surface area contributed by atoms with Crippen molar-refractivity contribution >= 4 is 34.8 Å². The second-order valence-corrected chi connectivity index (χ2v) is 7.85. The van der Waals surface area contributed by atoms with Crippen LogP contribution in [0, 0.1) is 23.2 Å². The van der Waals surface area contributed by atoms with E-state index >= 15 is 0 Å². The van der Waals surface area contributed by atoms with Gasteiger partial charge in [-0.15, -0.1) is 0 Å². The summed E-state index contributed by atoms with van der Waals surface area (Å²) < 4.78 is 0. The lowest BCUT2D eigenvalue weighted by atomic mass is 9.64. The molecule has 2 unspecified atom stereocenters. The molecule has 2 bridgehead atoms. The van der Waals surface area contributed by atoms with Gasteiger partial charge in [0.05, 0.1) is 0 Å². The van der Waals surface area contributed by atoms with Crippen LogP contribution in [0.1, 0.15) is 39.2 Å². The van der Waals surface area contributed by atoms with E-state index in [9.17, 15) is 14.4 Å². The number of halogens is 1. The highest BCUT2D eigenvalue weighted by Crippen LogP contribution is 2.69. The van der Waals surface area contributed by atoms with E-state index in [1.165, 1.54) is 0 Å². The Bertz CT molecular complexity index is 755. The fraction of sp³-hybridized carbons (Fsp3) is 0.500. The Morgan fingerprint density at radius 3 is 2.30 bits per heavy atom. The summed E-state index contributed by atoms with van der Waals surface area (Å²) in [5.41, 5.74) is -1.30. The normalized spacial score (nSPS) is 31.5. The SMILES string of the molecule is Cc1ccc(NC(=O)C23CCC(C)(C(=O)C2=O)C3(C)C)cc1Cl. The zero-order valence-electron chi connectivity index (χ0n) is 13.7. The van der Waals surface area contributed by atoms with Crippen LogP contribution in [-0.4, -0.2) is 17.5 Å². The smallest absolute Gasteiger partial charge is 0.239 e. The van der Waals surface area contributed by atoms with E-state index in [0.29, 0.717) is 23.6 Å². The molecule has 5 heteroatoms. The Morgan fingerprint density at radius 1 is 1.13 bits per heavy atom. The number of Topliss-reactive ketones (excluding diaryl/α,β-unsaturated/α-hetero) is 2. The largest absolute Gasteiger partial charge is 0.325 e. The monoisotopic (exact) mass is 333 g/mol. The number of benzene rings is 1. The van der Waals surface area contributed by atoms with E-state index < -0.39 is 33.7 Å². The fourth-order valence-corrected chi connectivity index (χ4v) is 4.36. The predicted molar refractivity (Wildman–Crippen MR) is 88.4 cm³/mol. The zero-order chi connectivity index (χ0) is 17.2. The number of fused-ring (bicyclic) bond motifs is 2. The lowest BCUT2D eigenvalue weighted by Crippen LogP contribution is -2.47. The second-order valence-electron chi connectivity index (χ2n) is 7.44. The molecule has 0 aliphatic heterocycles. The molecule has 1 aromatic carbocycles. The number of aryl methyl sites for hydroxylation is 1. The highest BCUT2D eigenvalue weighted by atomic mass is 35.5. The van der Waals surface area contributed by atoms with Crippen molar-refractivity contribution in [2.24, 2.45) is 16.2 Å². The minimum absolute atomic E-state index is 0.401. The van der Waals surface area contributed by atoms with Crippen LogP contribution in [0.2, 0.25) is 5.02 Å². The maximum absolute atomic E-state index is 13.0. The van der Waals surface area contributed by atoms with Crippen LogP contribution >= 0.6 is 11.6 Å². The number of nitrogens with one attached hydrogen (secondary N) is 1. The minimum atomic E-state index is -1.28. The first-order valence-electron chi connectivity index (χ1n) is 7.75. The Hall–Kier alpha value is -1.68. The van der Waals surface area contributed by atoms with Crippen molar-refractivity contribution in [3.05, 3.63) is 28.8 Å². The van der Waals surface area contributed by atoms with Crippen molar-refractivity contribution in [2.45, 2.75) is 40.5 Å². The number of rotatable bonds is 2. The Kier molecular flexibility index (Phi) is 3.28. The number of carbonyl (C=O) groups excluding carboxylic acids is 3.